The summed E-state index contributed by atoms with van der Waals surface area (Å²) in [6, 6.07) is 5.52. The first-order chi connectivity index (χ1) is 8.51. The SMILES string of the molecule is CCC(C(=O)N(C)c1ccc(F)cc1)C(N)=NO. The minimum absolute atomic E-state index is 0.128. The summed E-state index contributed by atoms with van der Waals surface area (Å²) in [5.41, 5.74) is 6.01. The number of rotatable bonds is 4. The number of carbonyl (C=O) groups excluding carboxylic acids is 1. The van der Waals surface area contributed by atoms with Gasteiger partial charge in [-0.25, -0.2) is 4.39 Å². The normalized spacial score (nSPS) is 13.2. The average molecular weight is 253 g/mol. The third-order valence-corrected chi connectivity index (χ3v) is 2.72. The highest BCUT2D eigenvalue weighted by atomic mass is 19.1. The Morgan fingerprint density at radius 2 is 2.06 bits per heavy atom. The molecule has 1 atom stereocenters. The molecule has 1 amide bonds. The van der Waals surface area contributed by atoms with Gasteiger partial charge in [-0.3, -0.25) is 4.79 Å². The molecule has 1 unspecified atom stereocenters. The lowest BCUT2D eigenvalue weighted by molar-refractivity contribution is -0.120. The van der Waals surface area contributed by atoms with E-state index in [-0.39, 0.29) is 17.6 Å². The van der Waals surface area contributed by atoms with Gasteiger partial charge in [-0.05, 0) is 30.7 Å². The molecular formula is C12H16FN3O2. The number of amidine groups is 1. The first kappa shape index (κ1) is 14.0. The standard InChI is InChI=1S/C12H16FN3O2/c1-3-10(11(14)15-18)12(17)16(2)9-6-4-8(13)5-7-9/h4-7,10,18H,3H2,1-2H3,(H2,14,15). The molecular weight excluding hydrogens is 237 g/mol. The van der Waals surface area contributed by atoms with Crippen molar-refractivity contribution in [1.29, 1.82) is 0 Å². The molecule has 1 rings (SSSR count). The van der Waals surface area contributed by atoms with E-state index in [1.165, 1.54) is 29.2 Å². The fourth-order valence-corrected chi connectivity index (χ4v) is 1.61. The van der Waals surface area contributed by atoms with E-state index in [0.717, 1.165) is 0 Å². The molecule has 1 aromatic carbocycles. The molecule has 0 aromatic heterocycles. The number of nitrogens with zero attached hydrogens (tertiary/aromatic N) is 2. The van der Waals surface area contributed by atoms with Crippen LogP contribution in [-0.4, -0.2) is 24.0 Å². The zero-order chi connectivity index (χ0) is 13.7. The number of halogens is 1. The lowest BCUT2D eigenvalue weighted by atomic mass is 10.0. The predicted octanol–water partition coefficient (Wildman–Crippen LogP) is 1.56. The number of oxime groups is 1. The van der Waals surface area contributed by atoms with Crippen molar-refractivity contribution in [2.75, 3.05) is 11.9 Å². The highest BCUT2D eigenvalue weighted by Crippen LogP contribution is 2.17. The van der Waals surface area contributed by atoms with Gasteiger partial charge in [-0.15, -0.1) is 0 Å². The maximum atomic E-state index is 12.8. The molecule has 0 radical (unpaired) electrons. The second-order valence-corrected chi connectivity index (χ2v) is 3.86. The van der Waals surface area contributed by atoms with Crippen LogP contribution in [0.3, 0.4) is 0 Å². The summed E-state index contributed by atoms with van der Waals surface area (Å²) in [5, 5.41) is 11.5. The van der Waals surface area contributed by atoms with E-state index >= 15 is 0 Å². The molecule has 0 heterocycles. The van der Waals surface area contributed by atoms with Crippen LogP contribution in [0.25, 0.3) is 0 Å². The molecule has 98 valence electrons. The van der Waals surface area contributed by atoms with Crippen LogP contribution in [-0.2, 0) is 4.79 Å². The highest BCUT2D eigenvalue weighted by molar-refractivity contribution is 6.08. The molecule has 0 aliphatic heterocycles. The second kappa shape index (κ2) is 6.00. The topological polar surface area (TPSA) is 78.9 Å². The zero-order valence-electron chi connectivity index (χ0n) is 10.3. The van der Waals surface area contributed by atoms with Crippen LogP contribution in [0.2, 0.25) is 0 Å². The molecule has 6 heteroatoms. The van der Waals surface area contributed by atoms with E-state index in [2.05, 4.69) is 5.16 Å². The molecule has 0 fully saturated rings. The molecule has 5 nitrogen and oxygen atoms in total. The van der Waals surface area contributed by atoms with Crippen molar-refractivity contribution < 1.29 is 14.4 Å². The Morgan fingerprint density at radius 1 is 1.50 bits per heavy atom. The Hall–Kier alpha value is -2.11. The molecule has 18 heavy (non-hydrogen) atoms. The molecule has 3 N–H and O–H groups in total. The first-order valence-corrected chi connectivity index (χ1v) is 5.51. The number of nitrogens with two attached hydrogens (primary N) is 1. The molecule has 1 aromatic rings. The van der Waals surface area contributed by atoms with Crippen molar-refractivity contribution >= 4 is 17.4 Å². The number of hydrogen-bond donors (Lipinski definition) is 2. The number of anilines is 1. The van der Waals surface area contributed by atoms with E-state index in [9.17, 15) is 9.18 Å². The quantitative estimate of drug-likeness (QED) is 0.370. The maximum Gasteiger partial charge on any atom is 0.237 e. The number of benzene rings is 1. The summed E-state index contributed by atoms with van der Waals surface area (Å²) in [4.78, 5) is 13.5. The van der Waals surface area contributed by atoms with Crippen LogP contribution in [0.5, 0.6) is 0 Å². The average Bonchev–Trinajstić information content (AvgIpc) is 2.39. The lowest BCUT2D eigenvalue weighted by Crippen LogP contribution is -2.39. The van der Waals surface area contributed by atoms with E-state index in [0.29, 0.717) is 12.1 Å². The molecule has 0 spiro atoms. The van der Waals surface area contributed by atoms with Gasteiger partial charge in [-0.1, -0.05) is 12.1 Å². The Balaban J connectivity index is 2.92. The van der Waals surface area contributed by atoms with Crippen molar-refractivity contribution in [1.82, 2.24) is 0 Å². The van der Waals surface area contributed by atoms with Gasteiger partial charge >= 0.3 is 0 Å². The van der Waals surface area contributed by atoms with Gasteiger partial charge in [0.15, 0.2) is 5.84 Å². The fourth-order valence-electron chi connectivity index (χ4n) is 1.61. The lowest BCUT2D eigenvalue weighted by Gasteiger charge is -2.22. The summed E-state index contributed by atoms with van der Waals surface area (Å²) in [6.45, 7) is 1.76. The van der Waals surface area contributed by atoms with Crippen molar-refractivity contribution in [2.24, 2.45) is 16.8 Å². The summed E-state index contributed by atoms with van der Waals surface area (Å²) >= 11 is 0. The maximum absolute atomic E-state index is 12.8. The van der Waals surface area contributed by atoms with E-state index in [1.807, 2.05) is 0 Å². The van der Waals surface area contributed by atoms with Crippen molar-refractivity contribution in [3.05, 3.63) is 30.1 Å². The van der Waals surface area contributed by atoms with E-state index in [1.54, 1.807) is 14.0 Å². The molecule has 0 saturated carbocycles. The molecule has 0 bridgehead atoms. The van der Waals surface area contributed by atoms with Crippen LogP contribution in [0.1, 0.15) is 13.3 Å². The largest absolute Gasteiger partial charge is 0.409 e. The van der Waals surface area contributed by atoms with E-state index < -0.39 is 5.92 Å². The minimum Gasteiger partial charge on any atom is -0.409 e. The Kier molecular flexibility index (Phi) is 4.65. The molecule has 0 aliphatic carbocycles. The minimum atomic E-state index is -0.690. The van der Waals surface area contributed by atoms with Crippen LogP contribution >= 0.6 is 0 Å². The van der Waals surface area contributed by atoms with Gasteiger partial charge in [-0.2, -0.15) is 0 Å². The first-order valence-electron chi connectivity index (χ1n) is 5.51. The van der Waals surface area contributed by atoms with Gasteiger partial charge in [0.25, 0.3) is 0 Å². The second-order valence-electron chi connectivity index (χ2n) is 3.86. The summed E-state index contributed by atoms with van der Waals surface area (Å²) in [6.07, 6.45) is 0.417. The van der Waals surface area contributed by atoms with Gasteiger partial charge < -0.3 is 15.8 Å². The fraction of sp³-hybridized carbons (Fsp3) is 0.333. The smallest absolute Gasteiger partial charge is 0.237 e. The van der Waals surface area contributed by atoms with E-state index in [4.69, 9.17) is 10.9 Å². The van der Waals surface area contributed by atoms with Crippen molar-refractivity contribution in [3.8, 4) is 0 Å². The number of hydrogen-bond acceptors (Lipinski definition) is 3. The highest BCUT2D eigenvalue weighted by Gasteiger charge is 2.25. The Labute approximate surface area is 105 Å². The van der Waals surface area contributed by atoms with Crippen LogP contribution < -0.4 is 10.6 Å². The predicted molar refractivity (Wildman–Crippen MR) is 67.0 cm³/mol. The van der Waals surface area contributed by atoms with Crippen LogP contribution in [0.4, 0.5) is 10.1 Å². The van der Waals surface area contributed by atoms with Crippen LogP contribution in [0.15, 0.2) is 29.4 Å². The van der Waals surface area contributed by atoms with Crippen molar-refractivity contribution in [2.45, 2.75) is 13.3 Å². The summed E-state index contributed by atoms with van der Waals surface area (Å²) in [5.74, 6) is -1.50. The number of carbonyl (C=O) groups is 1. The molecule has 0 aliphatic rings. The third-order valence-electron chi connectivity index (χ3n) is 2.72. The summed E-state index contributed by atoms with van der Waals surface area (Å²) < 4.78 is 12.8. The van der Waals surface area contributed by atoms with Gasteiger partial charge in [0.1, 0.15) is 5.82 Å². The molecule has 0 saturated heterocycles. The monoisotopic (exact) mass is 253 g/mol. The Morgan fingerprint density at radius 3 is 2.50 bits per heavy atom. The van der Waals surface area contributed by atoms with Gasteiger partial charge in [0.2, 0.25) is 5.91 Å². The summed E-state index contributed by atoms with van der Waals surface area (Å²) in [7, 11) is 1.56. The zero-order valence-corrected chi connectivity index (χ0v) is 10.3. The third kappa shape index (κ3) is 2.97. The number of amides is 1. The van der Waals surface area contributed by atoms with Crippen molar-refractivity contribution in [3.63, 3.8) is 0 Å². The van der Waals surface area contributed by atoms with Gasteiger partial charge in [0, 0.05) is 12.7 Å². The van der Waals surface area contributed by atoms with Gasteiger partial charge in [0.05, 0.1) is 5.92 Å². The van der Waals surface area contributed by atoms with Crippen LogP contribution in [0, 0.1) is 11.7 Å². The Bertz CT molecular complexity index is 445.